The minimum absolute atomic E-state index is 0.0474. The van der Waals surface area contributed by atoms with Crippen LogP contribution in [-0.2, 0) is 21.2 Å². The van der Waals surface area contributed by atoms with E-state index >= 15 is 0 Å². The monoisotopic (exact) mass is 454 g/mol. The van der Waals surface area contributed by atoms with Gasteiger partial charge < -0.3 is 9.32 Å². The third-order valence-corrected chi connectivity index (χ3v) is 8.01. The van der Waals surface area contributed by atoms with Crippen molar-refractivity contribution in [2.24, 2.45) is 0 Å². The molecule has 168 valence electrons. The summed E-state index contributed by atoms with van der Waals surface area (Å²) in [7, 11) is -3.67. The number of furan rings is 1. The van der Waals surface area contributed by atoms with Crippen molar-refractivity contribution in [2.75, 3.05) is 26.2 Å². The number of benzene rings is 2. The van der Waals surface area contributed by atoms with Crippen molar-refractivity contribution >= 4 is 32.7 Å². The molecule has 1 aromatic heterocycles. The molecule has 2 heterocycles. The van der Waals surface area contributed by atoms with E-state index in [1.165, 1.54) is 35.5 Å². The van der Waals surface area contributed by atoms with Gasteiger partial charge in [0, 0.05) is 42.7 Å². The number of piperazine rings is 1. The molecule has 1 fully saturated rings. The van der Waals surface area contributed by atoms with E-state index in [1.54, 1.807) is 11.2 Å². The molecule has 0 aliphatic carbocycles. The summed E-state index contributed by atoms with van der Waals surface area (Å²) in [5, 5.41) is 0.941. The van der Waals surface area contributed by atoms with Gasteiger partial charge in [-0.3, -0.25) is 9.59 Å². The lowest BCUT2D eigenvalue weighted by Gasteiger charge is -2.34. The molecule has 0 N–H and O–H groups in total. The number of sulfonamides is 1. The fourth-order valence-corrected chi connectivity index (χ4v) is 5.36. The molecule has 3 aromatic rings. The Morgan fingerprint density at radius 3 is 2.22 bits per heavy atom. The van der Waals surface area contributed by atoms with Crippen molar-refractivity contribution in [2.45, 2.75) is 32.1 Å². The highest BCUT2D eigenvalue weighted by Crippen LogP contribution is 2.26. The maximum atomic E-state index is 12.9. The second kappa shape index (κ2) is 8.52. The zero-order valence-corrected chi connectivity index (χ0v) is 19.2. The van der Waals surface area contributed by atoms with Crippen LogP contribution in [0.2, 0.25) is 0 Å². The van der Waals surface area contributed by atoms with Crippen LogP contribution in [-0.4, -0.2) is 55.5 Å². The van der Waals surface area contributed by atoms with Crippen molar-refractivity contribution in [1.29, 1.82) is 0 Å². The molecule has 7 nitrogen and oxygen atoms in total. The summed E-state index contributed by atoms with van der Waals surface area (Å²) in [6.45, 7) is 6.61. The molecular weight excluding hydrogens is 428 g/mol. The first-order valence-electron chi connectivity index (χ1n) is 10.5. The molecule has 0 unspecified atom stereocenters. The van der Waals surface area contributed by atoms with Crippen molar-refractivity contribution in [3.63, 3.8) is 0 Å². The summed E-state index contributed by atoms with van der Waals surface area (Å²) >= 11 is 0. The first-order valence-corrected chi connectivity index (χ1v) is 12.0. The molecule has 8 heteroatoms. The summed E-state index contributed by atoms with van der Waals surface area (Å²) in [5.41, 5.74) is 4.36. The Kier molecular flexibility index (Phi) is 5.92. The van der Waals surface area contributed by atoms with Crippen molar-refractivity contribution < 1.29 is 22.4 Å². The Morgan fingerprint density at radius 1 is 0.969 bits per heavy atom. The Labute approximate surface area is 187 Å². The van der Waals surface area contributed by atoms with Gasteiger partial charge in [0.05, 0.1) is 17.6 Å². The van der Waals surface area contributed by atoms with Crippen molar-refractivity contribution in [1.82, 2.24) is 9.21 Å². The minimum Gasteiger partial charge on any atom is -0.464 e. The number of rotatable bonds is 5. The number of Topliss-reactive ketones (excluding diaryl/α,β-unsaturated/α-hetero) is 1. The van der Waals surface area contributed by atoms with Gasteiger partial charge >= 0.3 is 0 Å². The first-order chi connectivity index (χ1) is 15.2. The molecule has 1 aliphatic rings. The molecule has 32 heavy (non-hydrogen) atoms. The Bertz CT molecular complexity index is 1280. The molecule has 0 atom stereocenters. The second-order valence-electron chi connectivity index (χ2n) is 8.24. The number of aryl methyl sites for hydroxylation is 2. The average Bonchev–Trinajstić information content (AvgIpc) is 3.15. The van der Waals surface area contributed by atoms with Gasteiger partial charge in [-0.2, -0.15) is 4.31 Å². The molecule has 1 aliphatic heterocycles. The molecule has 0 bridgehead atoms. The number of carbonyl (C=O) groups is 2. The quantitative estimate of drug-likeness (QED) is 0.552. The second-order valence-corrected chi connectivity index (χ2v) is 10.2. The molecule has 2 aromatic carbocycles. The lowest BCUT2D eigenvalue weighted by atomic mass is 10.0. The normalized spacial score (nSPS) is 15.3. The first kappa shape index (κ1) is 22.2. The molecule has 0 spiro atoms. The Balaban J connectivity index is 1.41. The predicted molar refractivity (Wildman–Crippen MR) is 121 cm³/mol. The number of fused-ring (bicyclic) bond motifs is 1. The van der Waals surface area contributed by atoms with E-state index in [1.807, 2.05) is 26.0 Å². The SMILES string of the molecule is CC(=O)c1ccc(S(=O)(=O)N2CCN(C(=O)Cc3coc4cc(C)c(C)cc34)CC2)cc1. The maximum Gasteiger partial charge on any atom is 0.243 e. The van der Waals surface area contributed by atoms with Crippen LogP contribution in [0.3, 0.4) is 0 Å². The van der Waals surface area contributed by atoms with E-state index in [9.17, 15) is 18.0 Å². The van der Waals surface area contributed by atoms with E-state index in [0.717, 1.165) is 27.7 Å². The maximum absolute atomic E-state index is 12.9. The standard InChI is InChI=1S/C24H26N2O5S/c1-16-12-22-20(15-31-23(22)13-17(16)2)14-24(28)25-8-10-26(11-9-25)32(29,30)21-6-4-19(5-7-21)18(3)27/h4-7,12-13,15H,8-11,14H2,1-3H3. The number of nitrogens with zero attached hydrogens (tertiary/aromatic N) is 2. The Morgan fingerprint density at radius 2 is 1.59 bits per heavy atom. The van der Waals surface area contributed by atoms with Crippen LogP contribution in [0, 0.1) is 13.8 Å². The largest absolute Gasteiger partial charge is 0.464 e. The van der Waals surface area contributed by atoms with Gasteiger partial charge in [0.1, 0.15) is 5.58 Å². The summed E-state index contributed by atoms with van der Waals surface area (Å²) in [6.07, 6.45) is 1.85. The van der Waals surface area contributed by atoms with Crippen LogP contribution in [0.15, 0.2) is 52.0 Å². The Hall–Kier alpha value is -2.97. The van der Waals surface area contributed by atoms with Crippen molar-refractivity contribution in [3.8, 4) is 0 Å². The van der Waals surface area contributed by atoms with Crippen LogP contribution in [0.25, 0.3) is 11.0 Å². The fraction of sp³-hybridized carbons (Fsp3) is 0.333. The zero-order valence-electron chi connectivity index (χ0n) is 18.4. The molecule has 0 radical (unpaired) electrons. The number of carbonyl (C=O) groups excluding carboxylic acids is 2. The average molecular weight is 455 g/mol. The predicted octanol–water partition coefficient (Wildman–Crippen LogP) is 3.33. The van der Waals surface area contributed by atoms with Gasteiger partial charge in [-0.1, -0.05) is 12.1 Å². The summed E-state index contributed by atoms with van der Waals surface area (Å²) < 4.78 is 32.9. The van der Waals surface area contributed by atoms with Crippen LogP contribution in [0.4, 0.5) is 0 Å². The topological polar surface area (TPSA) is 87.9 Å². The summed E-state index contributed by atoms with van der Waals surface area (Å²) in [6, 6.07) is 9.97. The van der Waals surface area contributed by atoms with Crippen LogP contribution in [0.5, 0.6) is 0 Å². The number of hydrogen-bond acceptors (Lipinski definition) is 5. The van der Waals surface area contributed by atoms with Gasteiger partial charge in [0.15, 0.2) is 5.78 Å². The van der Waals surface area contributed by atoms with Gasteiger partial charge in [-0.25, -0.2) is 8.42 Å². The van der Waals surface area contributed by atoms with Crippen LogP contribution >= 0.6 is 0 Å². The van der Waals surface area contributed by atoms with Crippen LogP contribution < -0.4 is 0 Å². The van der Waals surface area contributed by atoms with Crippen molar-refractivity contribution in [3.05, 3.63) is 64.9 Å². The zero-order chi connectivity index (χ0) is 23.0. The number of ketones is 1. The molecule has 0 saturated carbocycles. The molecular formula is C24H26N2O5S. The number of amides is 1. The van der Waals surface area contributed by atoms with Gasteiger partial charge in [-0.15, -0.1) is 0 Å². The number of hydrogen-bond donors (Lipinski definition) is 0. The molecule has 1 saturated heterocycles. The molecule has 4 rings (SSSR count). The lowest BCUT2D eigenvalue weighted by Crippen LogP contribution is -2.50. The third-order valence-electron chi connectivity index (χ3n) is 6.10. The molecule has 1 amide bonds. The highest BCUT2D eigenvalue weighted by Gasteiger charge is 2.30. The van der Waals surface area contributed by atoms with Gasteiger partial charge in [-0.05, 0) is 56.2 Å². The minimum atomic E-state index is -3.67. The van der Waals surface area contributed by atoms with E-state index in [2.05, 4.69) is 0 Å². The van der Waals surface area contributed by atoms with Gasteiger partial charge in [0.2, 0.25) is 15.9 Å². The van der Waals surface area contributed by atoms with E-state index in [-0.39, 0.29) is 36.1 Å². The summed E-state index contributed by atoms with van der Waals surface area (Å²) in [5.74, 6) is -0.162. The third kappa shape index (κ3) is 4.20. The summed E-state index contributed by atoms with van der Waals surface area (Å²) in [4.78, 5) is 26.1. The van der Waals surface area contributed by atoms with E-state index < -0.39 is 10.0 Å². The lowest BCUT2D eigenvalue weighted by molar-refractivity contribution is -0.131. The smallest absolute Gasteiger partial charge is 0.243 e. The van der Waals surface area contributed by atoms with Crippen LogP contribution in [0.1, 0.15) is 34.0 Å². The highest BCUT2D eigenvalue weighted by molar-refractivity contribution is 7.89. The van der Waals surface area contributed by atoms with Gasteiger partial charge in [0.25, 0.3) is 0 Å². The fourth-order valence-electron chi connectivity index (χ4n) is 3.94. The van der Waals surface area contributed by atoms with E-state index in [0.29, 0.717) is 18.7 Å². The van der Waals surface area contributed by atoms with E-state index in [4.69, 9.17) is 4.42 Å². The highest BCUT2D eigenvalue weighted by atomic mass is 32.2.